The van der Waals surface area contributed by atoms with Crippen LogP contribution < -0.4 is 15.6 Å². The monoisotopic (exact) mass is 444 g/mol. The molecule has 0 amide bonds. The van der Waals surface area contributed by atoms with Crippen molar-refractivity contribution in [2.45, 2.75) is 31.9 Å². The van der Waals surface area contributed by atoms with Crippen LogP contribution in [0, 0.1) is 0 Å². The molecule has 2 bridgehead atoms. The Kier molecular flexibility index (Phi) is 5.18. The molecule has 0 spiro atoms. The molecule has 0 fully saturated rings. The molecule has 168 valence electrons. The number of ether oxygens (including phenoxy) is 1. The van der Waals surface area contributed by atoms with Gasteiger partial charge in [0.05, 0.1) is 19.3 Å². The number of allylic oxidation sites excluding steroid dienone is 2. The van der Waals surface area contributed by atoms with Crippen molar-refractivity contribution in [2.75, 3.05) is 12.4 Å². The summed E-state index contributed by atoms with van der Waals surface area (Å²) in [6.07, 6.45) is 6.61. The molecule has 1 atom stereocenters. The minimum absolute atomic E-state index is 0.208. The molecule has 0 saturated heterocycles. The van der Waals surface area contributed by atoms with Gasteiger partial charge in [-0.15, -0.1) is 0 Å². The minimum atomic E-state index is -1.09. The molecule has 0 radical (unpaired) electrons. The second-order valence-electron chi connectivity index (χ2n) is 8.15. The van der Waals surface area contributed by atoms with Gasteiger partial charge in [0.25, 0.3) is 5.56 Å². The SMILES string of the molecule is COc1cccc(Nc2ncc3c(=O)n4n(c3n2)-c2cccc(n2)[C@@](C)(O)CC/C=C\C4)c1. The number of benzene rings is 1. The smallest absolute Gasteiger partial charge is 0.278 e. The van der Waals surface area contributed by atoms with Crippen molar-refractivity contribution in [1.82, 2.24) is 24.3 Å². The molecule has 0 saturated carbocycles. The molecule has 0 aliphatic carbocycles. The number of nitrogens with zero attached hydrogens (tertiary/aromatic N) is 5. The number of fused-ring (bicyclic) bond motifs is 6. The van der Waals surface area contributed by atoms with Crippen LogP contribution in [0.25, 0.3) is 16.9 Å². The molecule has 33 heavy (non-hydrogen) atoms. The van der Waals surface area contributed by atoms with E-state index in [2.05, 4.69) is 15.3 Å². The van der Waals surface area contributed by atoms with Crippen LogP contribution in [0.1, 0.15) is 25.5 Å². The molecule has 1 aliphatic heterocycles. The van der Waals surface area contributed by atoms with E-state index in [1.54, 1.807) is 35.5 Å². The van der Waals surface area contributed by atoms with E-state index < -0.39 is 5.60 Å². The first kappa shape index (κ1) is 20.9. The molecule has 1 aliphatic rings. The Bertz CT molecular complexity index is 1420. The Morgan fingerprint density at radius 3 is 2.85 bits per heavy atom. The maximum atomic E-state index is 13.2. The van der Waals surface area contributed by atoms with Gasteiger partial charge in [0.2, 0.25) is 5.95 Å². The molecular weight excluding hydrogens is 420 g/mol. The highest BCUT2D eigenvalue weighted by Gasteiger charge is 2.26. The van der Waals surface area contributed by atoms with E-state index in [0.29, 0.717) is 53.6 Å². The number of nitrogens with one attached hydrogen (secondary N) is 1. The number of hydrogen-bond acceptors (Lipinski definition) is 7. The lowest BCUT2D eigenvalue weighted by atomic mass is 9.95. The number of pyridine rings is 1. The zero-order valence-electron chi connectivity index (χ0n) is 18.4. The third kappa shape index (κ3) is 3.87. The average molecular weight is 444 g/mol. The normalized spacial score (nSPS) is 18.9. The average Bonchev–Trinajstić information content (AvgIpc) is 3.09. The number of hydrogen-bond donors (Lipinski definition) is 2. The second-order valence-corrected chi connectivity index (χ2v) is 8.15. The van der Waals surface area contributed by atoms with Crippen LogP contribution >= 0.6 is 0 Å². The molecule has 0 unspecified atom stereocenters. The molecule has 9 heteroatoms. The summed E-state index contributed by atoms with van der Waals surface area (Å²) in [5.74, 6) is 1.54. The number of aromatic nitrogens is 5. The van der Waals surface area contributed by atoms with E-state index in [4.69, 9.17) is 9.72 Å². The van der Waals surface area contributed by atoms with Gasteiger partial charge in [-0.1, -0.05) is 24.3 Å². The predicted octanol–water partition coefficient (Wildman–Crippen LogP) is 3.29. The Balaban J connectivity index is 1.68. The predicted molar refractivity (Wildman–Crippen MR) is 125 cm³/mol. The topological polar surface area (TPSA) is 107 Å². The third-order valence-corrected chi connectivity index (χ3v) is 5.75. The minimum Gasteiger partial charge on any atom is -0.497 e. The molecule has 5 rings (SSSR count). The number of rotatable bonds is 3. The number of anilines is 2. The lowest BCUT2D eigenvalue weighted by Crippen LogP contribution is -2.24. The summed E-state index contributed by atoms with van der Waals surface area (Å²) in [5.41, 5.74) is 0.428. The highest BCUT2D eigenvalue weighted by Crippen LogP contribution is 2.27. The Hall–Kier alpha value is -3.98. The van der Waals surface area contributed by atoms with Crippen LogP contribution in [-0.2, 0) is 12.1 Å². The lowest BCUT2D eigenvalue weighted by molar-refractivity contribution is 0.0443. The van der Waals surface area contributed by atoms with Gasteiger partial charge in [0.1, 0.15) is 16.7 Å². The van der Waals surface area contributed by atoms with Gasteiger partial charge in [0, 0.05) is 18.0 Å². The van der Waals surface area contributed by atoms with Crippen molar-refractivity contribution < 1.29 is 9.84 Å². The van der Waals surface area contributed by atoms with Gasteiger partial charge in [-0.05, 0) is 44.0 Å². The van der Waals surface area contributed by atoms with Gasteiger partial charge in [0.15, 0.2) is 11.5 Å². The Labute approximate surface area is 190 Å². The first-order valence-electron chi connectivity index (χ1n) is 10.7. The van der Waals surface area contributed by atoms with Gasteiger partial charge >= 0.3 is 0 Å². The second kappa shape index (κ2) is 8.18. The zero-order chi connectivity index (χ0) is 23.0. The maximum Gasteiger partial charge on any atom is 0.278 e. The van der Waals surface area contributed by atoms with Crippen LogP contribution in [0.5, 0.6) is 5.75 Å². The highest BCUT2D eigenvalue weighted by atomic mass is 16.5. The van der Waals surface area contributed by atoms with Gasteiger partial charge in [-0.3, -0.25) is 4.79 Å². The van der Waals surface area contributed by atoms with Crippen molar-refractivity contribution in [2.24, 2.45) is 0 Å². The molecule has 4 aromatic rings. The zero-order valence-corrected chi connectivity index (χ0v) is 18.4. The third-order valence-electron chi connectivity index (χ3n) is 5.75. The van der Waals surface area contributed by atoms with Crippen LogP contribution in [0.3, 0.4) is 0 Å². The summed E-state index contributed by atoms with van der Waals surface area (Å²) in [7, 11) is 1.60. The van der Waals surface area contributed by atoms with Gasteiger partial charge in [-0.25, -0.2) is 19.3 Å². The fourth-order valence-corrected chi connectivity index (χ4v) is 3.94. The maximum absolute atomic E-state index is 13.2. The van der Waals surface area contributed by atoms with Crippen LogP contribution in [0.2, 0.25) is 0 Å². The molecule has 9 nitrogen and oxygen atoms in total. The van der Waals surface area contributed by atoms with Crippen LogP contribution in [0.4, 0.5) is 11.6 Å². The van der Waals surface area contributed by atoms with Crippen molar-refractivity contribution >= 4 is 22.7 Å². The first-order chi connectivity index (χ1) is 16.0. The van der Waals surface area contributed by atoms with E-state index in [1.165, 1.54) is 6.20 Å². The molecule has 3 aromatic heterocycles. The standard InChI is InChI=1S/C24H24N6O3/c1-24(32)12-4-3-5-13-29-22(31)18-15-25-23(26-16-8-6-9-17(14-16)33-2)28-21(18)30(29)20-11-7-10-19(24)27-20/h3,5-11,14-15,32H,4,12-13H2,1-2H3,(H,25,26,28)/b5-3-/t24-/m0/s1. The fraction of sp³-hybridized carbons (Fsp3) is 0.250. The molecule has 1 aromatic carbocycles. The quantitative estimate of drug-likeness (QED) is 0.467. The van der Waals surface area contributed by atoms with Gasteiger partial charge in [-0.2, -0.15) is 4.98 Å². The van der Waals surface area contributed by atoms with E-state index in [-0.39, 0.29) is 5.56 Å². The molecule has 4 heterocycles. The fourth-order valence-electron chi connectivity index (χ4n) is 3.94. The Morgan fingerprint density at radius 1 is 1.15 bits per heavy atom. The number of aliphatic hydroxyl groups is 1. The summed E-state index contributed by atoms with van der Waals surface area (Å²) in [5, 5.41) is 14.5. The van der Waals surface area contributed by atoms with E-state index in [9.17, 15) is 9.90 Å². The van der Waals surface area contributed by atoms with Gasteiger partial charge < -0.3 is 15.2 Å². The summed E-state index contributed by atoms with van der Waals surface area (Å²) < 4.78 is 8.54. The van der Waals surface area contributed by atoms with Crippen molar-refractivity contribution in [3.63, 3.8) is 0 Å². The largest absolute Gasteiger partial charge is 0.497 e. The van der Waals surface area contributed by atoms with Crippen molar-refractivity contribution in [3.05, 3.63) is 76.9 Å². The first-order valence-corrected chi connectivity index (χ1v) is 10.7. The number of methoxy groups -OCH3 is 1. The lowest BCUT2D eigenvalue weighted by Gasteiger charge is -2.22. The molecule has 2 N–H and O–H groups in total. The van der Waals surface area contributed by atoms with Crippen molar-refractivity contribution in [1.29, 1.82) is 0 Å². The van der Waals surface area contributed by atoms with Crippen LogP contribution in [-0.4, -0.2) is 36.5 Å². The van der Waals surface area contributed by atoms with Crippen LogP contribution in [0.15, 0.2) is 65.6 Å². The molecular formula is C24H24N6O3. The summed E-state index contributed by atoms with van der Waals surface area (Å²) in [4.78, 5) is 26.9. The summed E-state index contributed by atoms with van der Waals surface area (Å²) in [6.45, 7) is 2.10. The Morgan fingerprint density at radius 2 is 2.00 bits per heavy atom. The highest BCUT2D eigenvalue weighted by molar-refractivity contribution is 5.77. The summed E-state index contributed by atoms with van der Waals surface area (Å²) in [6, 6.07) is 12.8. The van der Waals surface area contributed by atoms with E-state index in [1.807, 2.05) is 42.5 Å². The van der Waals surface area contributed by atoms with Crippen molar-refractivity contribution in [3.8, 4) is 11.6 Å². The van der Waals surface area contributed by atoms with E-state index >= 15 is 0 Å². The summed E-state index contributed by atoms with van der Waals surface area (Å²) >= 11 is 0. The van der Waals surface area contributed by atoms with E-state index in [0.717, 1.165) is 5.69 Å².